The highest BCUT2D eigenvalue weighted by atomic mass is 19.1. The maximum Gasteiger partial charge on any atom is 0.164 e. The number of carbonyl (C=O) groups is 1. The third-order valence-corrected chi connectivity index (χ3v) is 4.44. The fourth-order valence-corrected chi connectivity index (χ4v) is 2.73. The van der Waals surface area contributed by atoms with E-state index in [0.717, 1.165) is 32.7 Å². The number of halogens is 1. The topological polar surface area (TPSA) is 23.6 Å². The van der Waals surface area contributed by atoms with Crippen LogP contribution in [0.4, 0.5) is 4.39 Å². The van der Waals surface area contributed by atoms with Gasteiger partial charge in [0.1, 0.15) is 5.82 Å². The summed E-state index contributed by atoms with van der Waals surface area (Å²) in [6.45, 7) is 9.51. The molecule has 0 N–H and O–H groups in total. The van der Waals surface area contributed by atoms with Crippen LogP contribution in [0.25, 0.3) is 0 Å². The van der Waals surface area contributed by atoms with E-state index in [2.05, 4.69) is 23.6 Å². The Morgan fingerprint density at radius 3 is 2.38 bits per heavy atom. The Morgan fingerprint density at radius 2 is 1.81 bits per heavy atom. The van der Waals surface area contributed by atoms with Crippen molar-refractivity contribution in [2.45, 2.75) is 32.7 Å². The van der Waals surface area contributed by atoms with E-state index in [1.165, 1.54) is 18.6 Å². The zero-order valence-electron chi connectivity index (χ0n) is 13.0. The molecule has 0 bridgehead atoms. The monoisotopic (exact) mass is 292 g/mol. The number of piperazine rings is 1. The molecule has 2 rings (SSSR count). The Morgan fingerprint density at radius 1 is 1.19 bits per heavy atom. The molecule has 1 aromatic carbocycles. The average Bonchev–Trinajstić information content (AvgIpc) is 2.53. The second-order valence-electron chi connectivity index (χ2n) is 5.81. The van der Waals surface area contributed by atoms with Crippen molar-refractivity contribution in [3.8, 4) is 0 Å². The van der Waals surface area contributed by atoms with Crippen molar-refractivity contribution < 1.29 is 9.18 Å². The maximum absolute atomic E-state index is 12.8. The van der Waals surface area contributed by atoms with Crippen LogP contribution in [-0.4, -0.2) is 54.3 Å². The Balaban J connectivity index is 1.74. The zero-order valence-corrected chi connectivity index (χ0v) is 13.0. The molecule has 0 radical (unpaired) electrons. The second kappa shape index (κ2) is 7.66. The zero-order chi connectivity index (χ0) is 15.2. The van der Waals surface area contributed by atoms with E-state index in [1.807, 2.05) is 0 Å². The molecule has 0 spiro atoms. The van der Waals surface area contributed by atoms with Crippen LogP contribution < -0.4 is 0 Å². The van der Waals surface area contributed by atoms with Gasteiger partial charge in [-0.15, -0.1) is 0 Å². The number of hydrogen-bond donors (Lipinski definition) is 0. The van der Waals surface area contributed by atoms with Crippen molar-refractivity contribution in [3.63, 3.8) is 0 Å². The first-order valence-electron chi connectivity index (χ1n) is 7.85. The van der Waals surface area contributed by atoms with Crippen LogP contribution in [-0.2, 0) is 0 Å². The first-order valence-corrected chi connectivity index (χ1v) is 7.85. The van der Waals surface area contributed by atoms with E-state index in [0.29, 0.717) is 18.0 Å². The first kappa shape index (κ1) is 16.1. The number of carbonyl (C=O) groups excluding carboxylic acids is 1. The molecule has 3 nitrogen and oxygen atoms in total. The normalized spacial score (nSPS) is 18.6. The molecule has 0 amide bonds. The third kappa shape index (κ3) is 4.61. The summed E-state index contributed by atoms with van der Waals surface area (Å²) in [6.07, 6.45) is 1.69. The summed E-state index contributed by atoms with van der Waals surface area (Å²) < 4.78 is 12.8. The van der Waals surface area contributed by atoms with E-state index in [9.17, 15) is 9.18 Å². The van der Waals surface area contributed by atoms with Crippen LogP contribution in [0.1, 0.15) is 37.0 Å². The van der Waals surface area contributed by atoms with Crippen LogP contribution in [0.2, 0.25) is 0 Å². The van der Waals surface area contributed by atoms with Gasteiger partial charge in [0.25, 0.3) is 0 Å². The standard InChI is InChI=1S/C17H25FN2O/c1-3-14(2)20-12-10-19(11-13-20)9-8-17(21)15-4-6-16(18)7-5-15/h4-7,14H,3,8-13H2,1-2H3. The minimum atomic E-state index is -0.298. The minimum absolute atomic E-state index is 0.0966. The van der Waals surface area contributed by atoms with Crippen LogP contribution in [0.5, 0.6) is 0 Å². The molecular weight excluding hydrogens is 267 g/mol. The lowest BCUT2D eigenvalue weighted by atomic mass is 10.1. The van der Waals surface area contributed by atoms with Crippen molar-refractivity contribution in [1.29, 1.82) is 0 Å². The third-order valence-electron chi connectivity index (χ3n) is 4.44. The predicted molar refractivity (Wildman–Crippen MR) is 83.1 cm³/mol. The lowest BCUT2D eigenvalue weighted by Crippen LogP contribution is -2.49. The molecule has 1 atom stereocenters. The molecule has 4 heteroatoms. The number of rotatable bonds is 6. The first-order chi connectivity index (χ1) is 10.1. The van der Waals surface area contributed by atoms with Gasteiger partial charge in [-0.1, -0.05) is 6.92 Å². The van der Waals surface area contributed by atoms with E-state index >= 15 is 0 Å². The second-order valence-corrected chi connectivity index (χ2v) is 5.81. The number of hydrogen-bond acceptors (Lipinski definition) is 3. The molecule has 116 valence electrons. The van der Waals surface area contributed by atoms with E-state index in [1.54, 1.807) is 12.1 Å². The smallest absolute Gasteiger partial charge is 0.164 e. The Bertz CT molecular complexity index is 452. The van der Waals surface area contributed by atoms with Crippen molar-refractivity contribution in [2.75, 3.05) is 32.7 Å². The van der Waals surface area contributed by atoms with Crippen LogP contribution >= 0.6 is 0 Å². The summed E-state index contributed by atoms with van der Waals surface area (Å²) in [5, 5.41) is 0. The maximum atomic E-state index is 12.8. The molecule has 1 aliphatic heterocycles. The molecule has 21 heavy (non-hydrogen) atoms. The summed E-state index contributed by atoms with van der Waals surface area (Å²) in [7, 11) is 0. The molecule has 1 fully saturated rings. The predicted octanol–water partition coefficient (Wildman–Crippen LogP) is 2.81. The Kier molecular flexibility index (Phi) is 5.88. The van der Waals surface area contributed by atoms with Gasteiger partial charge < -0.3 is 4.90 Å². The van der Waals surface area contributed by atoms with Gasteiger partial charge in [0, 0.05) is 50.7 Å². The molecule has 1 unspecified atom stereocenters. The molecule has 1 aliphatic rings. The lowest BCUT2D eigenvalue weighted by molar-refractivity contribution is 0.0866. The molecular formula is C17H25FN2O. The fraction of sp³-hybridized carbons (Fsp3) is 0.588. The van der Waals surface area contributed by atoms with Crippen LogP contribution in [0.3, 0.4) is 0 Å². The summed E-state index contributed by atoms with van der Waals surface area (Å²) in [4.78, 5) is 16.9. The van der Waals surface area contributed by atoms with E-state index < -0.39 is 0 Å². The SMILES string of the molecule is CCC(C)N1CCN(CCC(=O)c2ccc(F)cc2)CC1. The van der Waals surface area contributed by atoms with Crippen molar-refractivity contribution in [2.24, 2.45) is 0 Å². The van der Waals surface area contributed by atoms with Gasteiger partial charge in [-0.3, -0.25) is 9.69 Å². The highest BCUT2D eigenvalue weighted by Gasteiger charge is 2.20. The quantitative estimate of drug-likeness (QED) is 0.753. The highest BCUT2D eigenvalue weighted by Crippen LogP contribution is 2.11. The van der Waals surface area contributed by atoms with E-state index in [-0.39, 0.29) is 11.6 Å². The fourth-order valence-electron chi connectivity index (χ4n) is 2.73. The minimum Gasteiger partial charge on any atom is -0.300 e. The molecule has 0 aromatic heterocycles. The number of Topliss-reactive ketones (excluding diaryl/α,β-unsaturated/α-hetero) is 1. The molecule has 1 saturated heterocycles. The summed E-state index contributed by atoms with van der Waals surface area (Å²) in [5.41, 5.74) is 0.606. The number of ketones is 1. The van der Waals surface area contributed by atoms with E-state index in [4.69, 9.17) is 0 Å². The summed E-state index contributed by atoms with van der Waals surface area (Å²) in [6, 6.07) is 6.47. The highest BCUT2D eigenvalue weighted by molar-refractivity contribution is 5.96. The van der Waals surface area contributed by atoms with Crippen LogP contribution in [0, 0.1) is 5.82 Å². The van der Waals surface area contributed by atoms with Gasteiger partial charge in [-0.2, -0.15) is 0 Å². The number of nitrogens with zero attached hydrogens (tertiary/aromatic N) is 2. The van der Waals surface area contributed by atoms with Gasteiger partial charge in [0.15, 0.2) is 5.78 Å². The van der Waals surface area contributed by atoms with Gasteiger partial charge in [0.05, 0.1) is 0 Å². The van der Waals surface area contributed by atoms with Gasteiger partial charge in [-0.25, -0.2) is 4.39 Å². The molecule has 1 heterocycles. The molecule has 1 aromatic rings. The van der Waals surface area contributed by atoms with Crippen molar-refractivity contribution >= 4 is 5.78 Å². The van der Waals surface area contributed by atoms with Crippen LogP contribution in [0.15, 0.2) is 24.3 Å². The van der Waals surface area contributed by atoms with Gasteiger partial charge in [-0.05, 0) is 37.6 Å². The van der Waals surface area contributed by atoms with Crippen molar-refractivity contribution in [3.05, 3.63) is 35.6 Å². The summed E-state index contributed by atoms with van der Waals surface area (Å²) >= 11 is 0. The Labute approximate surface area is 126 Å². The summed E-state index contributed by atoms with van der Waals surface area (Å²) in [5.74, 6) is -0.202. The largest absolute Gasteiger partial charge is 0.300 e. The van der Waals surface area contributed by atoms with Gasteiger partial charge in [0.2, 0.25) is 0 Å². The average molecular weight is 292 g/mol. The van der Waals surface area contributed by atoms with Crippen molar-refractivity contribution in [1.82, 2.24) is 9.80 Å². The molecule has 0 saturated carbocycles. The lowest BCUT2D eigenvalue weighted by Gasteiger charge is -2.37. The number of benzene rings is 1. The molecule has 0 aliphatic carbocycles. The van der Waals surface area contributed by atoms with Gasteiger partial charge >= 0.3 is 0 Å². The Hall–Kier alpha value is -1.26.